The molecule has 116 valence electrons. The minimum absolute atomic E-state index is 0.0119. The molecular formula is C14H13F3N4O. The van der Waals surface area contributed by atoms with Crippen molar-refractivity contribution in [2.75, 3.05) is 0 Å². The summed E-state index contributed by atoms with van der Waals surface area (Å²) >= 11 is 0. The van der Waals surface area contributed by atoms with Gasteiger partial charge in [0, 0.05) is 29.6 Å². The monoisotopic (exact) mass is 310 g/mol. The lowest BCUT2D eigenvalue weighted by Crippen LogP contribution is -2.29. The van der Waals surface area contributed by atoms with E-state index in [0.29, 0.717) is 11.3 Å². The number of alkyl halides is 3. The Morgan fingerprint density at radius 1 is 1.41 bits per heavy atom. The van der Waals surface area contributed by atoms with Crippen LogP contribution in [0, 0.1) is 0 Å². The summed E-state index contributed by atoms with van der Waals surface area (Å²) in [4.78, 5) is 15.7. The average molecular weight is 310 g/mol. The van der Waals surface area contributed by atoms with Crippen LogP contribution in [0.2, 0.25) is 0 Å². The number of aromatic nitrogens is 3. The number of primary amides is 1. The van der Waals surface area contributed by atoms with Gasteiger partial charge in [-0.15, -0.1) is 0 Å². The second kappa shape index (κ2) is 5.11. The van der Waals surface area contributed by atoms with Gasteiger partial charge >= 0.3 is 6.18 Å². The van der Waals surface area contributed by atoms with Gasteiger partial charge < -0.3 is 5.73 Å². The van der Waals surface area contributed by atoms with Crippen molar-refractivity contribution in [3.63, 3.8) is 0 Å². The highest BCUT2D eigenvalue weighted by molar-refractivity contribution is 5.81. The fraction of sp³-hybridized carbons (Fsp3) is 0.357. The maximum absolute atomic E-state index is 12.9. The van der Waals surface area contributed by atoms with Gasteiger partial charge in [-0.05, 0) is 25.0 Å². The van der Waals surface area contributed by atoms with Gasteiger partial charge in [0.25, 0.3) is 0 Å². The SMILES string of the molecule is NC(=O)C(c1cccnc1)n1nc(C(F)(F)F)cc1C1CC1. The van der Waals surface area contributed by atoms with Crippen molar-refractivity contribution >= 4 is 5.91 Å². The van der Waals surface area contributed by atoms with Crippen LogP contribution in [-0.2, 0) is 11.0 Å². The van der Waals surface area contributed by atoms with Crippen molar-refractivity contribution in [3.8, 4) is 0 Å². The van der Waals surface area contributed by atoms with E-state index >= 15 is 0 Å². The van der Waals surface area contributed by atoms with Gasteiger partial charge in [0.05, 0.1) is 0 Å². The Balaban J connectivity index is 2.11. The summed E-state index contributed by atoms with van der Waals surface area (Å²) in [5.74, 6) is -0.783. The number of rotatable bonds is 4. The molecular weight excluding hydrogens is 297 g/mol. The number of carbonyl (C=O) groups excluding carboxylic acids is 1. The second-order valence-electron chi connectivity index (χ2n) is 5.26. The van der Waals surface area contributed by atoms with E-state index in [1.54, 1.807) is 12.1 Å². The molecule has 5 nitrogen and oxygen atoms in total. The van der Waals surface area contributed by atoms with E-state index in [2.05, 4.69) is 10.1 Å². The van der Waals surface area contributed by atoms with Gasteiger partial charge in [0.1, 0.15) is 0 Å². The van der Waals surface area contributed by atoms with E-state index < -0.39 is 23.8 Å². The summed E-state index contributed by atoms with van der Waals surface area (Å²) in [6.45, 7) is 0. The number of amides is 1. The predicted molar refractivity (Wildman–Crippen MR) is 70.8 cm³/mol. The Morgan fingerprint density at radius 3 is 2.64 bits per heavy atom. The topological polar surface area (TPSA) is 73.8 Å². The van der Waals surface area contributed by atoms with Crippen molar-refractivity contribution in [3.05, 3.63) is 47.5 Å². The minimum Gasteiger partial charge on any atom is -0.368 e. The highest BCUT2D eigenvalue weighted by Crippen LogP contribution is 2.43. The minimum atomic E-state index is -4.56. The van der Waals surface area contributed by atoms with Crippen LogP contribution in [0.5, 0.6) is 0 Å². The third-order valence-corrected chi connectivity index (χ3v) is 3.56. The van der Waals surface area contributed by atoms with Crippen LogP contribution in [0.1, 0.15) is 41.8 Å². The van der Waals surface area contributed by atoms with Crippen molar-refractivity contribution in [1.82, 2.24) is 14.8 Å². The number of carbonyl (C=O) groups is 1. The van der Waals surface area contributed by atoms with E-state index in [4.69, 9.17) is 5.73 Å². The van der Waals surface area contributed by atoms with E-state index in [9.17, 15) is 18.0 Å². The normalized spacial score (nSPS) is 16.5. The second-order valence-corrected chi connectivity index (χ2v) is 5.26. The average Bonchev–Trinajstić information content (AvgIpc) is 3.19. The largest absolute Gasteiger partial charge is 0.435 e. The molecule has 1 saturated carbocycles. The van der Waals surface area contributed by atoms with Crippen LogP contribution in [0.4, 0.5) is 13.2 Å². The van der Waals surface area contributed by atoms with Gasteiger partial charge in [-0.2, -0.15) is 18.3 Å². The first-order valence-corrected chi connectivity index (χ1v) is 6.74. The van der Waals surface area contributed by atoms with Gasteiger partial charge in [0.15, 0.2) is 11.7 Å². The molecule has 2 aromatic rings. The molecule has 1 fully saturated rings. The zero-order chi connectivity index (χ0) is 15.9. The van der Waals surface area contributed by atoms with E-state index in [-0.39, 0.29) is 5.92 Å². The maximum Gasteiger partial charge on any atom is 0.435 e. The molecule has 1 unspecified atom stereocenters. The Hall–Kier alpha value is -2.38. The molecule has 1 atom stereocenters. The third-order valence-electron chi connectivity index (χ3n) is 3.56. The zero-order valence-corrected chi connectivity index (χ0v) is 11.4. The van der Waals surface area contributed by atoms with Crippen LogP contribution in [-0.4, -0.2) is 20.7 Å². The Morgan fingerprint density at radius 2 is 2.14 bits per heavy atom. The zero-order valence-electron chi connectivity index (χ0n) is 11.4. The summed E-state index contributed by atoms with van der Waals surface area (Å²) in [6.07, 6.45) is -0.0936. The quantitative estimate of drug-likeness (QED) is 0.941. The summed E-state index contributed by atoms with van der Waals surface area (Å²) < 4.78 is 39.9. The summed E-state index contributed by atoms with van der Waals surface area (Å²) in [7, 11) is 0. The molecule has 0 radical (unpaired) electrons. The third kappa shape index (κ3) is 2.68. The molecule has 0 spiro atoms. The van der Waals surface area contributed by atoms with Gasteiger partial charge in [-0.3, -0.25) is 14.5 Å². The van der Waals surface area contributed by atoms with Gasteiger partial charge in [0.2, 0.25) is 5.91 Å². The molecule has 1 aliphatic rings. The number of pyridine rings is 1. The molecule has 0 bridgehead atoms. The molecule has 0 aliphatic heterocycles. The molecule has 0 saturated heterocycles. The smallest absolute Gasteiger partial charge is 0.368 e. The van der Waals surface area contributed by atoms with Crippen LogP contribution in [0.3, 0.4) is 0 Å². The molecule has 1 aliphatic carbocycles. The number of hydrogen-bond donors (Lipinski definition) is 1. The first-order valence-electron chi connectivity index (χ1n) is 6.74. The lowest BCUT2D eigenvalue weighted by Gasteiger charge is -2.17. The molecule has 8 heteroatoms. The Bertz CT molecular complexity index is 692. The molecule has 2 N–H and O–H groups in total. The van der Waals surface area contributed by atoms with Crippen molar-refractivity contribution in [2.45, 2.75) is 31.0 Å². The van der Waals surface area contributed by atoms with Crippen LogP contribution < -0.4 is 5.73 Å². The summed E-state index contributed by atoms with van der Waals surface area (Å²) in [6, 6.07) is 3.09. The number of halogens is 3. The number of nitrogens with two attached hydrogens (primary N) is 1. The summed E-state index contributed by atoms with van der Waals surface area (Å²) in [5.41, 5.74) is 5.19. The standard InChI is InChI=1S/C14H13F3N4O/c15-14(16,17)11-6-10(8-3-4-8)21(20-11)12(13(18)22)9-2-1-5-19-7-9/h1-2,5-8,12H,3-4H2,(H2,18,22). The number of hydrogen-bond acceptors (Lipinski definition) is 3. The highest BCUT2D eigenvalue weighted by Gasteiger charge is 2.40. The summed E-state index contributed by atoms with van der Waals surface area (Å²) in [5, 5.41) is 3.60. The van der Waals surface area contributed by atoms with Crippen LogP contribution in [0.15, 0.2) is 30.6 Å². The maximum atomic E-state index is 12.9. The molecule has 3 rings (SSSR count). The Kier molecular flexibility index (Phi) is 3.38. The van der Waals surface area contributed by atoms with Crippen LogP contribution in [0.25, 0.3) is 0 Å². The molecule has 0 aromatic carbocycles. The lowest BCUT2D eigenvalue weighted by atomic mass is 10.1. The molecule has 22 heavy (non-hydrogen) atoms. The lowest BCUT2D eigenvalue weighted by molar-refractivity contribution is -0.141. The fourth-order valence-corrected chi connectivity index (χ4v) is 2.40. The predicted octanol–water partition coefficient (Wildman–Crippen LogP) is 2.25. The van der Waals surface area contributed by atoms with Gasteiger partial charge in [-0.25, -0.2) is 0 Å². The first kappa shape index (κ1) is 14.6. The van der Waals surface area contributed by atoms with E-state index in [1.807, 2.05) is 0 Å². The Labute approximate surface area is 123 Å². The highest BCUT2D eigenvalue weighted by atomic mass is 19.4. The first-order chi connectivity index (χ1) is 10.4. The molecule has 2 aromatic heterocycles. The number of nitrogens with zero attached hydrogens (tertiary/aromatic N) is 3. The molecule has 1 amide bonds. The van der Waals surface area contributed by atoms with E-state index in [1.165, 1.54) is 12.4 Å². The van der Waals surface area contributed by atoms with Crippen molar-refractivity contribution in [2.24, 2.45) is 5.73 Å². The fourth-order valence-electron chi connectivity index (χ4n) is 2.40. The van der Waals surface area contributed by atoms with Crippen molar-refractivity contribution in [1.29, 1.82) is 0 Å². The molecule has 2 heterocycles. The van der Waals surface area contributed by atoms with Crippen molar-refractivity contribution < 1.29 is 18.0 Å². The van der Waals surface area contributed by atoms with Crippen LogP contribution >= 0.6 is 0 Å². The van der Waals surface area contributed by atoms with Gasteiger partial charge in [-0.1, -0.05) is 6.07 Å². The van der Waals surface area contributed by atoms with E-state index in [0.717, 1.165) is 23.6 Å².